The molecule has 0 aromatic rings. The van der Waals surface area contributed by atoms with Gasteiger partial charge in [-0.15, -0.1) is 0 Å². The highest BCUT2D eigenvalue weighted by molar-refractivity contribution is 7.98. The molecule has 4 unspecified atom stereocenters. The van der Waals surface area contributed by atoms with Crippen molar-refractivity contribution >= 4 is 53.3 Å². The molecule has 0 bridgehead atoms. The second-order valence-corrected chi connectivity index (χ2v) is 8.43. The summed E-state index contributed by atoms with van der Waals surface area (Å²) in [5, 5.41) is 33.5. The van der Waals surface area contributed by atoms with Gasteiger partial charge < -0.3 is 42.7 Å². The van der Waals surface area contributed by atoms with Crippen molar-refractivity contribution < 1.29 is 48.9 Å². The molecule has 10 N–H and O–H groups in total. The summed E-state index contributed by atoms with van der Waals surface area (Å²) >= 11 is 1.35. The number of primary amides is 1. The van der Waals surface area contributed by atoms with Gasteiger partial charge in [0.15, 0.2) is 0 Å². The second kappa shape index (κ2) is 16.3. The maximum Gasteiger partial charge on any atom is 0.326 e. The minimum absolute atomic E-state index is 0.0676. The van der Waals surface area contributed by atoms with E-state index in [-0.39, 0.29) is 19.3 Å². The Hall–Kier alpha value is -3.40. The van der Waals surface area contributed by atoms with Crippen LogP contribution in [0.15, 0.2) is 0 Å². The van der Waals surface area contributed by atoms with Gasteiger partial charge in [0.05, 0.1) is 12.5 Å². The first-order valence-electron chi connectivity index (χ1n) is 10.4. The summed E-state index contributed by atoms with van der Waals surface area (Å²) in [4.78, 5) is 81.7. The highest BCUT2D eigenvalue weighted by Crippen LogP contribution is 2.06. The molecule has 198 valence electrons. The molecule has 0 rings (SSSR count). The fourth-order valence-corrected chi connectivity index (χ4v) is 3.14. The Kier molecular flexibility index (Phi) is 14.7. The van der Waals surface area contributed by atoms with Crippen molar-refractivity contribution in [2.75, 3.05) is 12.0 Å². The molecule has 0 radical (unpaired) electrons. The summed E-state index contributed by atoms with van der Waals surface area (Å²) in [7, 11) is 0. The number of thioether (sulfide) groups is 1. The molecule has 0 aliphatic carbocycles. The molecule has 0 aliphatic heterocycles. The van der Waals surface area contributed by atoms with Crippen LogP contribution in [-0.2, 0) is 33.6 Å². The summed E-state index contributed by atoms with van der Waals surface area (Å²) < 4.78 is 0. The SMILES string of the molecule is CSCCC(NC(=O)C(N)CCC(N)=O)C(=O)NC(CCC(=O)O)C(=O)NC(CC(=O)O)C(=O)O. The Morgan fingerprint density at radius 2 is 1.26 bits per heavy atom. The summed E-state index contributed by atoms with van der Waals surface area (Å²) in [5.41, 5.74) is 10.7. The summed E-state index contributed by atoms with van der Waals surface area (Å²) in [6, 6.07) is -5.69. The molecule has 15 nitrogen and oxygen atoms in total. The first kappa shape index (κ1) is 31.6. The third-order valence-electron chi connectivity index (χ3n) is 4.56. The number of carbonyl (C=O) groups excluding carboxylic acids is 4. The Bertz CT molecular complexity index is 809. The van der Waals surface area contributed by atoms with Crippen LogP contribution in [0.4, 0.5) is 0 Å². The van der Waals surface area contributed by atoms with Crippen LogP contribution in [0.2, 0.25) is 0 Å². The van der Waals surface area contributed by atoms with Gasteiger partial charge in [-0.1, -0.05) is 0 Å². The van der Waals surface area contributed by atoms with Gasteiger partial charge in [-0.2, -0.15) is 11.8 Å². The number of nitrogens with one attached hydrogen (secondary N) is 3. The van der Waals surface area contributed by atoms with Crippen LogP contribution in [-0.4, -0.2) is 93.0 Å². The van der Waals surface area contributed by atoms with Crippen LogP contribution >= 0.6 is 11.8 Å². The monoisotopic (exact) mass is 521 g/mol. The summed E-state index contributed by atoms with van der Waals surface area (Å²) in [6.45, 7) is 0. The molecule has 0 fully saturated rings. The molecule has 0 aromatic carbocycles. The summed E-state index contributed by atoms with van der Waals surface area (Å²) in [6.07, 6.45) is -0.340. The molecule has 16 heteroatoms. The molecule has 0 saturated carbocycles. The minimum Gasteiger partial charge on any atom is -0.481 e. The molecule has 0 spiro atoms. The van der Waals surface area contributed by atoms with Crippen LogP contribution in [0.25, 0.3) is 0 Å². The number of nitrogens with two attached hydrogens (primary N) is 2. The summed E-state index contributed by atoms with van der Waals surface area (Å²) in [5.74, 6) is -7.45. The Morgan fingerprint density at radius 3 is 1.71 bits per heavy atom. The standard InChI is InChI=1S/C19H31N5O10S/c1-35-7-6-11(22-16(30)9(20)2-4-13(21)25)18(32)23-10(3-5-14(26)27)17(31)24-12(19(33)34)8-15(28)29/h9-12H,2-8,20H2,1H3,(H2,21,25)(H,22,30)(H,23,32)(H,24,31)(H,26,27)(H,28,29)(H,33,34). The molecule has 0 heterocycles. The smallest absolute Gasteiger partial charge is 0.326 e. The number of carbonyl (C=O) groups is 7. The maximum atomic E-state index is 12.8. The number of hydrogen-bond acceptors (Lipinski definition) is 9. The molecule has 0 aliphatic rings. The van der Waals surface area contributed by atoms with Crippen molar-refractivity contribution in [2.24, 2.45) is 11.5 Å². The molecule has 0 saturated heterocycles. The lowest BCUT2D eigenvalue weighted by atomic mass is 10.1. The van der Waals surface area contributed by atoms with Gasteiger partial charge in [-0.05, 0) is 31.3 Å². The highest BCUT2D eigenvalue weighted by atomic mass is 32.2. The predicted molar refractivity (Wildman–Crippen MR) is 122 cm³/mol. The van der Waals surface area contributed by atoms with Gasteiger partial charge in [-0.25, -0.2) is 4.79 Å². The van der Waals surface area contributed by atoms with E-state index >= 15 is 0 Å². The normalized spacial score (nSPS) is 14.0. The predicted octanol–water partition coefficient (Wildman–Crippen LogP) is -2.79. The number of aliphatic carboxylic acids is 3. The van der Waals surface area contributed by atoms with Gasteiger partial charge in [0, 0.05) is 12.8 Å². The molecular formula is C19H31N5O10S. The molecule has 0 aromatic heterocycles. The highest BCUT2D eigenvalue weighted by Gasteiger charge is 2.31. The van der Waals surface area contributed by atoms with E-state index in [1.807, 2.05) is 5.32 Å². The van der Waals surface area contributed by atoms with Gasteiger partial charge in [0.25, 0.3) is 0 Å². The lowest BCUT2D eigenvalue weighted by molar-refractivity contribution is -0.147. The van der Waals surface area contributed by atoms with Gasteiger partial charge >= 0.3 is 17.9 Å². The largest absolute Gasteiger partial charge is 0.481 e. The Balaban J connectivity index is 5.53. The van der Waals surface area contributed by atoms with Crippen LogP contribution in [0.5, 0.6) is 0 Å². The number of carboxylic acids is 3. The lowest BCUT2D eigenvalue weighted by Gasteiger charge is -2.24. The van der Waals surface area contributed by atoms with Gasteiger partial charge in [0.1, 0.15) is 18.1 Å². The second-order valence-electron chi connectivity index (χ2n) is 7.44. The van der Waals surface area contributed by atoms with E-state index in [4.69, 9.17) is 26.8 Å². The van der Waals surface area contributed by atoms with Crippen LogP contribution in [0, 0.1) is 0 Å². The first-order valence-corrected chi connectivity index (χ1v) is 11.8. The quantitative estimate of drug-likeness (QED) is 0.0909. The van der Waals surface area contributed by atoms with Crippen molar-refractivity contribution in [2.45, 2.75) is 62.7 Å². The third-order valence-corrected chi connectivity index (χ3v) is 5.20. The molecule has 4 amide bonds. The van der Waals surface area contributed by atoms with E-state index in [2.05, 4.69) is 10.6 Å². The fraction of sp³-hybridized carbons (Fsp3) is 0.632. The van der Waals surface area contributed by atoms with Crippen molar-refractivity contribution in [1.82, 2.24) is 16.0 Å². The zero-order chi connectivity index (χ0) is 27.1. The topological polar surface area (TPSA) is 268 Å². The van der Waals surface area contributed by atoms with E-state index in [1.165, 1.54) is 11.8 Å². The minimum atomic E-state index is -1.82. The number of amides is 4. The number of hydrogen-bond donors (Lipinski definition) is 8. The average Bonchev–Trinajstić information content (AvgIpc) is 2.76. The fourth-order valence-electron chi connectivity index (χ4n) is 2.67. The van der Waals surface area contributed by atoms with E-state index in [0.717, 1.165) is 0 Å². The van der Waals surface area contributed by atoms with Crippen molar-refractivity contribution in [3.05, 3.63) is 0 Å². The third kappa shape index (κ3) is 13.8. The maximum absolute atomic E-state index is 12.8. The van der Waals surface area contributed by atoms with Crippen LogP contribution < -0.4 is 27.4 Å². The van der Waals surface area contributed by atoms with E-state index in [1.54, 1.807) is 6.26 Å². The van der Waals surface area contributed by atoms with Crippen molar-refractivity contribution in [3.8, 4) is 0 Å². The zero-order valence-corrected chi connectivity index (χ0v) is 19.8. The first-order chi connectivity index (χ1) is 16.3. The molecule has 35 heavy (non-hydrogen) atoms. The average molecular weight is 522 g/mol. The van der Waals surface area contributed by atoms with Crippen LogP contribution in [0.1, 0.15) is 38.5 Å². The van der Waals surface area contributed by atoms with Gasteiger partial charge in [-0.3, -0.25) is 28.8 Å². The Morgan fingerprint density at radius 1 is 0.743 bits per heavy atom. The van der Waals surface area contributed by atoms with E-state index in [9.17, 15) is 33.6 Å². The van der Waals surface area contributed by atoms with Gasteiger partial charge in [0.2, 0.25) is 23.6 Å². The van der Waals surface area contributed by atoms with E-state index in [0.29, 0.717) is 5.75 Å². The Labute approximate surface area is 204 Å². The van der Waals surface area contributed by atoms with E-state index < -0.39 is 85.0 Å². The number of carboxylic acid groups (broad SMARTS) is 3. The molecular weight excluding hydrogens is 490 g/mol. The van der Waals surface area contributed by atoms with Crippen LogP contribution in [0.3, 0.4) is 0 Å². The van der Waals surface area contributed by atoms with Crippen molar-refractivity contribution in [3.63, 3.8) is 0 Å². The zero-order valence-electron chi connectivity index (χ0n) is 19.0. The molecule has 4 atom stereocenters. The van der Waals surface area contributed by atoms with Crippen molar-refractivity contribution in [1.29, 1.82) is 0 Å². The lowest BCUT2D eigenvalue weighted by Crippen LogP contribution is -2.57. The number of rotatable bonds is 18.